The minimum Gasteiger partial charge on any atom is -0.359 e. The normalized spacial score (nSPS) is 17.0. The molecule has 1 aliphatic heterocycles. The van der Waals surface area contributed by atoms with Crippen LogP contribution < -0.4 is 10.6 Å². The largest absolute Gasteiger partial charge is 0.359 e. The minimum atomic E-state index is 0.489. The number of likely N-dealkylation sites (tertiary alicyclic amines) is 1. The fourth-order valence-electron chi connectivity index (χ4n) is 3.55. The molecule has 1 aromatic heterocycles. The zero-order valence-corrected chi connectivity index (χ0v) is 17.1. The standard InChI is InChI=1S/C20H37N5O/c1-5-8-11-25-12-9-17(10-13-25)23-20(21-4)22-15-18-14-19(24-26-18)16(6-2)7-3/h14,16-17H,5-13,15H2,1-4H3,(H2,21,22,23). The highest BCUT2D eigenvalue weighted by molar-refractivity contribution is 5.79. The first-order valence-electron chi connectivity index (χ1n) is 10.3. The highest BCUT2D eigenvalue weighted by Gasteiger charge is 2.19. The molecule has 2 N–H and O–H groups in total. The van der Waals surface area contributed by atoms with Crippen molar-refractivity contribution < 1.29 is 4.52 Å². The third-order valence-electron chi connectivity index (χ3n) is 5.39. The SMILES string of the molecule is CCCCN1CCC(NC(=NC)NCc2cc(C(CC)CC)no2)CC1. The maximum Gasteiger partial charge on any atom is 0.191 e. The van der Waals surface area contributed by atoms with Crippen molar-refractivity contribution in [2.45, 2.75) is 77.8 Å². The van der Waals surface area contributed by atoms with Crippen molar-refractivity contribution in [3.8, 4) is 0 Å². The molecular weight excluding hydrogens is 326 g/mol. The first-order valence-corrected chi connectivity index (χ1v) is 10.3. The van der Waals surface area contributed by atoms with E-state index >= 15 is 0 Å². The smallest absolute Gasteiger partial charge is 0.191 e. The molecule has 0 bridgehead atoms. The summed E-state index contributed by atoms with van der Waals surface area (Å²) in [6.45, 7) is 10.8. The Bertz CT molecular complexity index is 530. The predicted octanol–water partition coefficient (Wildman–Crippen LogP) is 3.51. The number of rotatable bonds is 9. The molecule has 0 aliphatic carbocycles. The second-order valence-corrected chi connectivity index (χ2v) is 7.27. The predicted molar refractivity (Wildman–Crippen MR) is 108 cm³/mol. The number of nitrogens with one attached hydrogen (secondary N) is 2. The van der Waals surface area contributed by atoms with Crippen LogP contribution in [-0.4, -0.2) is 48.7 Å². The summed E-state index contributed by atoms with van der Waals surface area (Å²) >= 11 is 0. The van der Waals surface area contributed by atoms with Crippen molar-refractivity contribution in [2.75, 3.05) is 26.7 Å². The van der Waals surface area contributed by atoms with Crippen molar-refractivity contribution in [1.29, 1.82) is 0 Å². The molecule has 148 valence electrons. The zero-order valence-electron chi connectivity index (χ0n) is 17.1. The average molecular weight is 364 g/mol. The van der Waals surface area contributed by atoms with Crippen LogP contribution in [0.5, 0.6) is 0 Å². The van der Waals surface area contributed by atoms with Crippen LogP contribution in [0, 0.1) is 0 Å². The molecule has 2 rings (SSSR count). The molecular formula is C20H37N5O. The van der Waals surface area contributed by atoms with Gasteiger partial charge in [-0.1, -0.05) is 32.3 Å². The molecule has 0 radical (unpaired) electrons. The van der Waals surface area contributed by atoms with E-state index in [1.54, 1.807) is 0 Å². The monoisotopic (exact) mass is 363 g/mol. The van der Waals surface area contributed by atoms with Crippen molar-refractivity contribution in [1.82, 2.24) is 20.7 Å². The average Bonchev–Trinajstić information content (AvgIpc) is 3.14. The topological polar surface area (TPSA) is 65.7 Å². The molecule has 0 unspecified atom stereocenters. The molecule has 0 amide bonds. The Morgan fingerprint density at radius 1 is 1.31 bits per heavy atom. The van der Waals surface area contributed by atoms with Gasteiger partial charge in [0.1, 0.15) is 0 Å². The van der Waals surface area contributed by atoms with Crippen LogP contribution in [0.4, 0.5) is 0 Å². The van der Waals surface area contributed by atoms with E-state index in [4.69, 9.17) is 4.52 Å². The number of piperidine rings is 1. The summed E-state index contributed by atoms with van der Waals surface area (Å²) < 4.78 is 5.48. The summed E-state index contributed by atoms with van der Waals surface area (Å²) in [4.78, 5) is 6.93. The van der Waals surface area contributed by atoms with Crippen LogP contribution >= 0.6 is 0 Å². The van der Waals surface area contributed by atoms with E-state index in [0.717, 1.165) is 30.3 Å². The number of hydrogen-bond acceptors (Lipinski definition) is 4. The Morgan fingerprint density at radius 2 is 2.04 bits per heavy atom. The number of aromatic nitrogens is 1. The van der Waals surface area contributed by atoms with Gasteiger partial charge >= 0.3 is 0 Å². The third kappa shape index (κ3) is 6.31. The van der Waals surface area contributed by atoms with E-state index in [1.165, 1.54) is 45.3 Å². The lowest BCUT2D eigenvalue weighted by Gasteiger charge is -2.33. The van der Waals surface area contributed by atoms with E-state index in [9.17, 15) is 0 Å². The molecule has 6 heteroatoms. The van der Waals surface area contributed by atoms with Crippen LogP contribution in [0.25, 0.3) is 0 Å². The number of aliphatic imine (C=N–C) groups is 1. The fourth-order valence-corrected chi connectivity index (χ4v) is 3.55. The molecule has 1 fully saturated rings. The number of nitrogens with zero attached hydrogens (tertiary/aromatic N) is 3. The van der Waals surface area contributed by atoms with E-state index < -0.39 is 0 Å². The van der Waals surface area contributed by atoms with Gasteiger partial charge in [0.2, 0.25) is 0 Å². The maximum absolute atomic E-state index is 5.48. The highest BCUT2D eigenvalue weighted by Crippen LogP contribution is 2.22. The van der Waals surface area contributed by atoms with Crippen LogP contribution in [0.15, 0.2) is 15.6 Å². The van der Waals surface area contributed by atoms with Crippen LogP contribution in [0.1, 0.15) is 76.7 Å². The molecule has 0 saturated carbocycles. The lowest BCUT2D eigenvalue weighted by atomic mass is 9.99. The summed E-state index contributed by atoms with van der Waals surface area (Å²) in [5, 5.41) is 11.1. The van der Waals surface area contributed by atoms with E-state index in [0.29, 0.717) is 18.5 Å². The lowest BCUT2D eigenvalue weighted by Crippen LogP contribution is -2.48. The summed E-state index contributed by atoms with van der Waals surface area (Å²) in [6, 6.07) is 2.57. The molecule has 0 spiro atoms. The fraction of sp³-hybridized carbons (Fsp3) is 0.800. The van der Waals surface area contributed by atoms with Gasteiger partial charge in [0, 0.05) is 38.2 Å². The van der Waals surface area contributed by atoms with Crippen molar-refractivity contribution in [3.05, 3.63) is 17.5 Å². The van der Waals surface area contributed by atoms with Crippen LogP contribution in [-0.2, 0) is 6.54 Å². The Hall–Kier alpha value is -1.56. The van der Waals surface area contributed by atoms with Crippen molar-refractivity contribution in [2.24, 2.45) is 4.99 Å². The zero-order chi connectivity index (χ0) is 18.8. The van der Waals surface area contributed by atoms with Crippen LogP contribution in [0.2, 0.25) is 0 Å². The van der Waals surface area contributed by atoms with Crippen molar-refractivity contribution >= 4 is 5.96 Å². The van der Waals surface area contributed by atoms with Gasteiger partial charge in [-0.2, -0.15) is 0 Å². The second kappa shape index (κ2) is 11.2. The van der Waals surface area contributed by atoms with Crippen LogP contribution in [0.3, 0.4) is 0 Å². The third-order valence-corrected chi connectivity index (χ3v) is 5.39. The van der Waals surface area contributed by atoms with Gasteiger partial charge in [0.05, 0.1) is 12.2 Å². The summed E-state index contributed by atoms with van der Waals surface area (Å²) in [5.74, 6) is 2.20. The first kappa shape index (κ1) is 20.7. The molecule has 1 aromatic rings. The van der Waals surface area contributed by atoms with Crippen molar-refractivity contribution in [3.63, 3.8) is 0 Å². The minimum absolute atomic E-state index is 0.489. The number of guanidine groups is 1. The van der Waals surface area contributed by atoms with Gasteiger partial charge in [-0.15, -0.1) is 0 Å². The van der Waals surface area contributed by atoms with Gasteiger partial charge in [-0.05, 0) is 38.6 Å². The van der Waals surface area contributed by atoms with E-state index in [-0.39, 0.29) is 0 Å². The van der Waals surface area contributed by atoms with Gasteiger partial charge < -0.3 is 20.1 Å². The Kier molecular flexibility index (Phi) is 8.95. The Morgan fingerprint density at radius 3 is 2.65 bits per heavy atom. The molecule has 2 heterocycles. The van der Waals surface area contributed by atoms with E-state index in [1.807, 2.05) is 7.05 Å². The van der Waals surface area contributed by atoms with Gasteiger partial charge in [-0.25, -0.2) is 0 Å². The second-order valence-electron chi connectivity index (χ2n) is 7.27. The first-order chi connectivity index (χ1) is 12.7. The number of hydrogen-bond donors (Lipinski definition) is 2. The number of unbranched alkanes of at least 4 members (excludes halogenated alkanes) is 1. The summed E-state index contributed by atoms with van der Waals surface area (Å²) in [7, 11) is 1.82. The quantitative estimate of drug-likeness (QED) is 0.519. The molecule has 6 nitrogen and oxygen atoms in total. The highest BCUT2D eigenvalue weighted by atomic mass is 16.5. The lowest BCUT2D eigenvalue weighted by molar-refractivity contribution is 0.203. The molecule has 0 atom stereocenters. The maximum atomic E-state index is 5.48. The van der Waals surface area contributed by atoms with E-state index in [2.05, 4.69) is 52.5 Å². The Balaban J connectivity index is 1.75. The van der Waals surface area contributed by atoms with Gasteiger partial charge in [-0.3, -0.25) is 4.99 Å². The molecule has 1 saturated heterocycles. The summed E-state index contributed by atoms with van der Waals surface area (Å²) in [5.41, 5.74) is 1.06. The Labute approximate surface area is 158 Å². The van der Waals surface area contributed by atoms with Gasteiger partial charge in [0.25, 0.3) is 0 Å². The molecule has 1 aliphatic rings. The molecule has 0 aromatic carbocycles. The molecule has 26 heavy (non-hydrogen) atoms. The van der Waals surface area contributed by atoms with Gasteiger partial charge in [0.15, 0.2) is 11.7 Å². The summed E-state index contributed by atoms with van der Waals surface area (Å²) in [6.07, 6.45) is 7.11.